The summed E-state index contributed by atoms with van der Waals surface area (Å²) in [7, 11) is 0. The highest BCUT2D eigenvalue weighted by Gasteiger charge is 1.95. The molecular formula is C11H10ClN3. The van der Waals surface area contributed by atoms with Crippen LogP contribution in [0.15, 0.2) is 42.5 Å². The van der Waals surface area contributed by atoms with Crippen molar-refractivity contribution in [2.24, 2.45) is 0 Å². The maximum atomic E-state index is 5.63. The van der Waals surface area contributed by atoms with Gasteiger partial charge in [-0.3, -0.25) is 0 Å². The minimum atomic E-state index is 0.403. The lowest BCUT2D eigenvalue weighted by Gasteiger charge is -2.04. The van der Waals surface area contributed by atoms with Crippen LogP contribution in [0.3, 0.4) is 0 Å². The molecule has 0 aliphatic carbocycles. The summed E-state index contributed by atoms with van der Waals surface area (Å²) < 4.78 is 0. The van der Waals surface area contributed by atoms with Gasteiger partial charge < -0.3 is 5.32 Å². The predicted octanol–water partition coefficient (Wildman–Crippen LogP) is 2.74. The van der Waals surface area contributed by atoms with Crippen molar-refractivity contribution in [3.63, 3.8) is 0 Å². The quantitative estimate of drug-likeness (QED) is 0.863. The van der Waals surface area contributed by atoms with Crippen LogP contribution in [-0.4, -0.2) is 10.2 Å². The van der Waals surface area contributed by atoms with Gasteiger partial charge in [0, 0.05) is 6.54 Å². The fourth-order valence-electron chi connectivity index (χ4n) is 1.20. The van der Waals surface area contributed by atoms with Gasteiger partial charge in [0.1, 0.15) is 5.82 Å². The molecule has 0 aliphatic heterocycles. The predicted molar refractivity (Wildman–Crippen MR) is 60.8 cm³/mol. The molecule has 0 saturated heterocycles. The summed E-state index contributed by atoms with van der Waals surface area (Å²) in [6.45, 7) is 0.733. The summed E-state index contributed by atoms with van der Waals surface area (Å²) in [6, 6.07) is 13.6. The summed E-state index contributed by atoms with van der Waals surface area (Å²) in [6.07, 6.45) is 0. The van der Waals surface area contributed by atoms with Crippen molar-refractivity contribution < 1.29 is 0 Å². The maximum Gasteiger partial charge on any atom is 0.151 e. The topological polar surface area (TPSA) is 37.8 Å². The maximum absolute atomic E-state index is 5.63. The van der Waals surface area contributed by atoms with Crippen LogP contribution in [0.5, 0.6) is 0 Å². The number of hydrogen-bond acceptors (Lipinski definition) is 3. The molecule has 0 unspecified atom stereocenters. The van der Waals surface area contributed by atoms with Crippen LogP contribution in [0.2, 0.25) is 5.15 Å². The van der Waals surface area contributed by atoms with Crippen molar-refractivity contribution in [2.75, 3.05) is 5.32 Å². The lowest BCUT2D eigenvalue weighted by molar-refractivity contribution is 1.00. The Balaban J connectivity index is 1.96. The van der Waals surface area contributed by atoms with E-state index in [2.05, 4.69) is 27.6 Å². The van der Waals surface area contributed by atoms with Crippen molar-refractivity contribution in [3.05, 3.63) is 53.2 Å². The van der Waals surface area contributed by atoms with Gasteiger partial charge in [-0.2, -0.15) is 0 Å². The molecule has 0 aliphatic rings. The number of halogens is 1. The molecule has 0 fully saturated rings. The smallest absolute Gasteiger partial charge is 0.151 e. The van der Waals surface area contributed by atoms with Crippen LogP contribution in [0.4, 0.5) is 5.82 Å². The molecule has 3 nitrogen and oxygen atoms in total. The number of rotatable bonds is 3. The van der Waals surface area contributed by atoms with Gasteiger partial charge in [0.05, 0.1) is 0 Å². The standard InChI is InChI=1S/C11H10ClN3/c12-10-6-7-11(15-14-10)13-8-9-4-2-1-3-5-9/h1-7H,8H2,(H,13,15). The molecule has 0 bridgehead atoms. The van der Waals surface area contributed by atoms with Crippen LogP contribution in [0.1, 0.15) is 5.56 Å². The first kappa shape index (κ1) is 9.93. The van der Waals surface area contributed by atoms with Crippen molar-refractivity contribution in [1.29, 1.82) is 0 Å². The molecule has 1 heterocycles. The first-order valence-electron chi connectivity index (χ1n) is 4.61. The van der Waals surface area contributed by atoms with Gasteiger partial charge in [0.25, 0.3) is 0 Å². The van der Waals surface area contributed by atoms with E-state index in [1.54, 1.807) is 12.1 Å². The Hall–Kier alpha value is -1.61. The van der Waals surface area contributed by atoms with Gasteiger partial charge in [-0.25, -0.2) is 0 Å². The minimum absolute atomic E-state index is 0.403. The molecule has 0 atom stereocenters. The Kier molecular flexibility index (Phi) is 3.15. The molecule has 1 aromatic carbocycles. The van der Waals surface area contributed by atoms with Crippen LogP contribution < -0.4 is 5.32 Å². The third-order valence-corrected chi connectivity index (χ3v) is 2.15. The summed E-state index contributed by atoms with van der Waals surface area (Å²) in [4.78, 5) is 0. The van der Waals surface area contributed by atoms with Crippen molar-refractivity contribution >= 4 is 17.4 Å². The van der Waals surface area contributed by atoms with Gasteiger partial charge in [0.15, 0.2) is 5.15 Å². The first-order chi connectivity index (χ1) is 7.34. The highest BCUT2D eigenvalue weighted by molar-refractivity contribution is 6.29. The molecule has 2 aromatic rings. The van der Waals surface area contributed by atoms with Gasteiger partial charge in [-0.1, -0.05) is 41.9 Å². The second-order valence-electron chi connectivity index (χ2n) is 3.08. The zero-order chi connectivity index (χ0) is 10.5. The van der Waals surface area contributed by atoms with E-state index in [9.17, 15) is 0 Å². The van der Waals surface area contributed by atoms with Crippen LogP contribution in [-0.2, 0) is 6.54 Å². The molecule has 0 spiro atoms. The highest BCUT2D eigenvalue weighted by Crippen LogP contribution is 2.07. The lowest BCUT2D eigenvalue weighted by atomic mass is 10.2. The van der Waals surface area contributed by atoms with E-state index in [1.807, 2.05) is 18.2 Å². The van der Waals surface area contributed by atoms with E-state index in [0.717, 1.165) is 12.4 Å². The van der Waals surface area contributed by atoms with Gasteiger partial charge in [-0.15, -0.1) is 10.2 Å². The summed E-state index contributed by atoms with van der Waals surface area (Å²) in [5, 5.41) is 11.2. The van der Waals surface area contributed by atoms with Crippen molar-refractivity contribution in [2.45, 2.75) is 6.54 Å². The fraction of sp³-hybridized carbons (Fsp3) is 0.0909. The number of nitrogens with one attached hydrogen (secondary N) is 1. The summed E-state index contributed by atoms with van der Waals surface area (Å²) >= 11 is 5.63. The second-order valence-corrected chi connectivity index (χ2v) is 3.47. The highest BCUT2D eigenvalue weighted by atomic mass is 35.5. The van der Waals surface area contributed by atoms with Crippen LogP contribution in [0.25, 0.3) is 0 Å². The van der Waals surface area contributed by atoms with E-state index in [-0.39, 0.29) is 0 Å². The molecule has 1 N–H and O–H groups in total. The average molecular weight is 220 g/mol. The molecule has 2 rings (SSSR count). The Morgan fingerprint density at radius 1 is 1.00 bits per heavy atom. The monoisotopic (exact) mass is 219 g/mol. The van der Waals surface area contributed by atoms with Crippen molar-refractivity contribution in [1.82, 2.24) is 10.2 Å². The Labute approximate surface area is 93.1 Å². The molecule has 0 radical (unpaired) electrons. The second kappa shape index (κ2) is 4.75. The third kappa shape index (κ3) is 2.92. The molecule has 0 amide bonds. The molecule has 15 heavy (non-hydrogen) atoms. The Morgan fingerprint density at radius 3 is 2.47 bits per heavy atom. The molecule has 76 valence electrons. The minimum Gasteiger partial charge on any atom is -0.365 e. The van der Waals surface area contributed by atoms with E-state index < -0.39 is 0 Å². The number of nitrogens with zero attached hydrogens (tertiary/aromatic N) is 2. The fourth-order valence-corrected chi connectivity index (χ4v) is 1.30. The van der Waals surface area contributed by atoms with Gasteiger partial charge in [0.2, 0.25) is 0 Å². The van der Waals surface area contributed by atoms with Crippen LogP contribution >= 0.6 is 11.6 Å². The molecule has 0 saturated carbocycles. The number of benzene rings is 1. The SMILES string of the molecule is Clc1ccc(NCc2ccccc2)nn1. The average Bonchev–Trinajstić information content (AvgIpc) is 2.30. The Morgan fingerprint density at radius 2 is 1.80 bits per heavy atom. The van der Waals surface area contributed by atoms with Crippen LogP contribution in [0, 0.1) is 0 Å². The van der Waals surface area contributed by atoms with E-state index in [1.165, 1.54) is 5.56 Å². The van der Waals surface area contributed by atoms with Gasteiger partial charge >= 0.3 is 0 Å². The zero-order valence-corrected chi connectivity index (χ0v) is 8.78. The molecule has 1 aromatic heterocycles. The molecular weight excluding hydrogens is 210 g/mol. The largest absolute Gasteiger partial charge is 0.365 e. The summed E-state index contributed by atoms with van der Waals surface area (Å²) in [5.74, 6) is 0.725. The van der Waals surface area contributed by atoms with E-state index >= 15 is 0 Å². The molecule has 4 heteroatoms. The lowest BCUT2D eigenvalue weighted by Crippen LogP contribution is -2.01. The Bertz CT molecular complexity index is 414. The van der Waals surface area contributed by atoms with Crippen molar-refractivity contribution in [3.8, 4) is 0 Å². The third-order valence-electron chi connectivity index (χ3n) is 1.95. The van der Waals surface area contributed by atoms with E-state index in [4.69, 9.17) is 11.6 Å². The summed E-state index contributed by atoms with van der Waals surface area (Å²) in [5.41, 5.74) is 1.20. The number of aromatic nitrogens is 2. The van der Waals surface area contributed by atoms with Gasteiger partial charge in [-0.05, 0) is 17.7 Å². The number of hydrogen-bond donors (Lipinski definition) is 1. The first-order valence-corrected chi connectivity index (χ1v) is 4.99. The normalized spacial score (nSPS) is 9.93. The van der Waals surface area contributed by atoms with E-state index in [0.29, 0.717) is 5.15 Å². The number of anilines is 1. The zero-order valence-electron chi connectivity index (χ0n) is 8.02.